The van der Waals surface area contributed by atoms with Crippen LogP contribution < -0.4 is 10.5 Å². The van der Waals surface area contributed by atoms with Gasteiger partial charge in [0.2, 0.25) is 0 Å². The van der Waals surface area contributed by atoms with Crippen LogP contribution in [-0.2, 0) is 0 Å². The lowest BCUT2D eigenvalue weighted by molar-refractivity contribution is 0.210. The molecule has 3 heteroatoms. The van der Waals surface area contributed by atoms with Crippen LogP contribution in [-0.4, -0.2) is 6.10 Å². The van der Waals surface area contributed by atoms with Crippen molar-refractivity contribution in [1.82, 2.24) is 0 Å². The maximum atomic E-state index is 5.84. The zero-order valence-electron chi connectivity index (χ0n) is 10.2. The third-order valence-electron chi connectivity index (χ3n) is 2.49. The minimum Gasteiger partial charge on any atom is -0.491 e. The van der Waals surface area contributed by atoms with Gasteiger partial charge in [0, 0.05) is 10.5 Å². The molecule has 2 nitrogen and oxygen atoms in total. The first-order valence-corrected chi connectivity index (χ1v) is 6.55. The average molecular weight is 286 g/mol. The highest BCUT2D eigenvalue weighted by Crippen LogP contribution is 2.27. The SMILES string of the molecule is CCCC(C)Oc1ccc([C@H](C)N)c(Br)c1. The molecule has 0 saturated carbocycles. The van der Waals surface area contributed by atoms with Gasteiger partial charge >= 0.3 is 0 Å². The van der Waals surface area contributed by atoms with Crippen LogP contribution in [0, 0.1) is 0 Å². The van der Waals surface area contributed by atoms with E-state index >= 15 is 0 Å². The van der Waals surface area contributed by atoms with E-state index in [0.717, 1.165) is 28.6 Å². The van der Waals surface area contributed by atoms with Crippen molar-refractivity contribution >= 4 is 15.9 Å². The number of benzene rings is 1. The molecule has 0 spiro atoms. The Balaban J connectivity index is 2.73. The molecule has 1 unspecified atom stereocenters. The molecule has 1 aromatic rings. The lowest BCUT2D eigenvalue weighted by Gasteiger charge is -2.15. The maximum absolute atomic E-state index is 5.84. The fraction of sp³-hybridized carbons (Fsp3) is 0.538. The van der Waals surface area contributed by atoms with Gasteiger partial charge in [-0.05, 0) is 38.0 Å². The zero-order valence-corrected chi connectivity index (χ0v) is 11.8. The molecule has 0 aliphatic rings. The average Bonchev–Trinajstić information content (AvgIpc) is 2.17. The normalized spacial score (nSPS) is 14.6. The van der Waals surface area contributed by atoms with Gasteiger partial charge in [-0.1, -0.05) is 35.3 Å². The molecule has 0 radical (unpaired) electrons. The Hall–Kier alpha value is -0.540. The van der Waals surface area contributed by atoms with Crippen molar-refractivity contribution < 1.29 is 4.74 Å². The molecular weight excluding hydrogens is 266 g/mol. The predicted octanol–water partition coefficient (Wildman–Crippen LogP) is 4.04. The van der Waals surface area contributed by atoms with Crippen LogP contribution in [0.25, 0.3) is 0 Å². The molecule has 0 aliphatic carbocycles. The summed E-state index contributed by atoms with van der Waals surface area (Å²) in [7, 11) is 0. The van der Waals surface area contributed by atoms with Crippen LogP contribution in [0.1, 0.15) is 45.2 Å². The van der Waals surface area contributed by atoms with Gasteiger partial charge in [-0.25, -0.2) is 0 Å². The maximum Gasteiger partial charge on any atom is 0.120 e. The summed E-state index contributed by atoms with van der Waals surface area (Å²) in [6.45, 7) is 6.23. The molecule has 0 amide bonds. The van der Waals surface area contributed by atoms with Crippen molar-refractivity contribution in [3.05, 3.63) is 28.2 Å². The molecule has 0 heterocycles. The lowest BCUT2D eigenvalue weighted by Crippen LogP contribution is -2.11. The van der Waals surface area contributed by atoms with Crippen molar-refractivity contribution in [2.24, 2.45) is 5.73 Å². The number of hydrogen-bond donors (Lipinski definition) is 1. The predicted molar refractivity (Wildman–Crippen MR) is 71.7 cm³/mol. The number of hydrogen-bond acceptors (Lipinski definition) is 2. The highest BCUT2D eigenvalue weighted by Gasteiger charge is 2.08. The van der Waals surface area contributed by atoms with Crippen molar-refractivity contribution in [3.63, 3.8) is 0 Å². The van der Waals surface area contributed by atoms with Gasteiger partial charge in [0.05, 0.1) is 6.10 Å². The molecule has 90 valence electrons. The van der Waals surface area contributed by atoms with Gasteiger partial charge in [0.1, 0.15) is 5.75 Å². The van der Waals surface area contributed by atoms with Crippen molar-refractivity contribution in [1.29, 1.82) is 0 Å². The Morgan fingerprint density at radius 2 is 2.06 bits per heavy atom. The molecular formula is C13H20BrNO. The first kappa shape index (κ1) is 13.5. The van der Waals surface area contributed by atoms with Gasteiger partial charge in [-0.3, -0.25) is 0 Å². The van der Waals surface area contributed by atoms with E-state index in [1.165, 1.54) is 0 Å². The molecule has 0 bridgehead atoms. The second kappa shape index (κ2) is 6.26. The second-order valence-electron chi connectivity index (χ2n) is 4.19. The summed E-state index contributed by atoms with van der Waals surface area (Å²) in [6, 6.07) is 6.03. The van der Waals surface area contributed by atoms with E-state index in [-0.39, 0.29) is 12.1 Å². The summed E-state index contributed by atoms with van der Waals surface area (Å²) in [6.07, 6.45) is 2.48. The van der Waals surface area contributed by atoms with E-state index in [4.69, 9.17) is 10.5 Å². The molecule has 0 fully saturated rings. The first-order valence-electron chi connectivity index (χ1n) is 5.76. The van der Waals surface area contributed by atoms with Crippen molar-refractivity contribution in [2.45, 2.75) is 45.8 Å². The smallest absolute Gasteiger partial charge is 0.120 e. The fourth-order valence-electron chi connectivity index (χ4n) is 1.65. The van der Waals surface area contributed by atoms with Crippen LogP contribution >= 0.6 is 15.9 Å². The fourth-order valence-corrected chi connectivity index (χ4v) is 2.37. The number of nitrogens with two attached hydrogens (primary N) is 1. The highest BCUT2D eigenvalue weighted by atomic mass is 79.9. The van der Waals surface area contributed by atoms with Crippen LogP contribution in [0.5, 0.6) is 5.75 Å². The van der Waals surface area contributed by atoms with E-state index in [1.807, 2.05) is 25.1 Å². The summed E-state index contributed by atoms with van der Waals surface area (Å²) in [4.78, 5) is 0. The topological polar surface area (TPSA) is 35.2 Å². The van der Waals surface area contributed by atoms with Crippen LogP contribution in [0.4, 0.5) is 0 Å². The molecule has 16 heavy (non-hydrogen) atoms. The Morgan fingerprint density at radius 1 is 1.38 bits per heavy atom. The Kier molecular flexibility index (Phi) is 5.29. The van der Waals surface area contributed by atoms with E-state index in [9.17, 15) is 0 Å². The summed E-state index contributed by atoms with van der Waals surface area (Å²) < 4.78 is 6.82. The van der Waals surface area contributed by atoms with Crippen LogP contribution in [0.15, 0.2) is 22.7 Å². The monoisotopic (exact) mass is 285 g/mol. The van der Waals surface area contributed by atoms with Crippen molar-refractivity contribution in [3.8, 4) is 5.75 Å². The molecule has 1 aromatic carbocycles. The summed E-state index contributed by atoms with van der Waals surface area (Å²) >= 11 is 3.52. The molecule has 2 atom stereocenters. The molecule has 2 N–H and O–H groups in total. The first-order chi connectivity index (χ1) is 7.54. The Labute approximate surface area is 106 Å². The lowest BCUT2D eigenvalue weighted by atomic mass is 10.1. The Morgan fingerprint density at radius 3 is 2.56 bits per heavy atom. The molecule has 1 rings (SSSR count). The summed E-state index contributed by atoms with van der Waals surface area (Å²) in [5.41, 5.74) is 6.95. The number of rotatable bonds is 5. The zero-order chi connectivity index (χ0) is 12.1. The van der Waals surface area contributed by atoms with E-state index in [1.54, 1.807) is 0 Å². The van der Waals surface area contributed by atoms with E-state index in [2.05, 4.69) is 29.8 Å². The minimum atomic E-state index is 0.0384. The molecule has 0 saturated heterocycles. The minimum absolute atomic E-state index is 0.0384. The third-order valence-corrected chi connectivity index (χ3v) is 3.18. The van der Waals surface area contributed by atoms with Crippen LogP contribution in [0.3, 0.4) is 0 Å². The van der Waals surface area contributed by atoms with Crippen molar-refractivity contribution in [2.75, 3.05) is 0 Å². The van der Waals surface area contributed by atoms with Crippen LogP contribution in [0.2, 0.25) is 0 Å². The van der Waals surface area contributed by atoms with Gasteiger partial charge in [0.15, 0.2) is 0 Å². The summed E-state index contributed by atoms with van der Waals surface area (Å²) in [5, 5.41) is 0. The van der Waals surface area contributed by atoms with Gasteiger partial charge < -0.3 is 10.5 Å². The van der Waals surface area contributed by atoms with E-state index < -0.39 is 0 Å². The quantitative estimate of drug-likeness (QED) is 0.886. The van der Waals surface area contributed by atoms with E-state index in [0.29, 0.717) is 0 Å². The largest absolute Gasteiger partial charge is 0.491 e. The van der Waals surface area contributed by atoms with Gasteiger partial charge in [0.25, 0.3) is 0 Å². The van der Waals surface area contributed by atoms with Gasteiger partial charge in [-0.15, -0.1) is 0 Å². The molecule has 0 aromatic heterocycles. The molecule has 0 aliphatic heterocycles. The number of ether oxygens (including phenoxy) is 1. The second-order valence-corrected chi connectivity index (χ2v) is 5.04. The highest BCUT2D eigenvalue weighted by molar-refractivity contribution is 9.10. The Bertz CT molecular complexity index is 339. The van der Waals surface area contributed by atoms with Gasteiger partial charge in [-0.2, -0.15) is 0 Å². The summed E-state index contributed by atoms with van der Waals surface area (Å²) in [5.74, 6) is 0.900. The number of halogens is 1. The standard InChI is InChI=1S/C13H20BrNO/c1-4-5-9(2)16-11-6-7-12(10(3)15)13(14)8-11/h6-10H,4-5,15H2,1-3H3/t9?,10-/m0/s1. The third kappa shape index (κ3) is 3.80.